The highest BCUT2D eigenvalue weighted by atomic mass is 14.9. The molecule has 0 bridgehead atoms. The number of fused-ring (bicyclic) bond motifs is 6. The fraction of sp³-hybridized carbons (Fsp3) is 0.241. The SMILES string of the molecule is Cc1ccc2c(c1)Cc1nc3c(cc1-2)Cc1c-3cc[n+](C)c1-c1cc(C)cc(C)c1C. The zero-order valence-corrected chi connectivity index (χ0v) is 18.9. The maximum atomic E-state index is 5.23. The minimum Gasteiger partial charge on any atom is -0.252 e. The Balaban J connectivity index is 1.54. The summed E-state index contributed by atoms with van der Waals surface area (Å²) in [5.41, 5.74) is 18.6. The third kappa shape index (κ3) is 2.64. The van der Waals surface area contributed by atoms with E-state index in [-0.39, 0.29) is 0 Å². The molecule has 0 fully saturated rings. The number of pyridine rings is 2. The Morgan fingerprint density at radius 2 is 1.58 bits per heavy atom. The van der Waals surface area contributed by atoms with Gasteiger partial charge in [0.15, 0.2) is 6.20 Å². The molecule has 0 N–H and O–H groups in total. The Morgan fingerprint density at radius 3 is 2.42 bits per heavy atom. The molecule has 0 amide bonds. The summed E-state index contributed by atoms with van der Waals surface area (Å²) >= 11 is 0. The summed E-state index contributed by atoms with van der Waals surface area (Å²) < 4.78 is 2.29. The fourth-order valence-electron chi connectivity index (χ4n) is 5.57. The molecular weight excluding hydrogens is 376 g/mol. The van der Waals surface area contributed by atoms with Crippen LogP contribution in [0.1, 0.15) is 44.6 Å². The summed E-state index contributed by atoms with van der Waals surface area (Å²) in [5.74, 6) is 0. The molecule has 0 radical (unpaired) electrons. The molecule has 0 spiro atoms. The van der Waals surface area contributed by atoms with Gasteiger partial charge in [0.25, 0.3) is 0 Å². The molecule has 6 rings (SSSR count). The highest BCUT2D eigenvalue weighted by molar-refractivity contribution is 5.85. The van der Waals surface area contributed by atoms with Gasteiger partial charge in [-0.05, 0) is 67.6 Å². The lowest BCUT2D eigenvalue weighted by atomic mass is 9.93. The van der Waals surface area contributed by atoms with E-state index in [0.717, 1.165) is 12.8 Å². The standard InChI is InChI=1S/C29H27N2/c1-16-6-7-22-20(11-16)15-27-25(22)13-21-14-26-23(28(21)30-27)8-9-31(5)29(26)24-12-17(2)10-18(3)19(24)4/h6-13H,14-15H2,1-5H3/q+1. The third-order valence-electron chi connectivity index (χ3n) is 7.21. The van der Waals surface area contributed by atoms with E-state index >= 15 is 0 Å². The van der Waals surface area contributed by atoms with Crippen molar-refractivity contribution in [2.24, 2.45) is 7.05 Å². The van der Waals surface area contributed by atoms with Gasteiger partial charge in [0.05, 0.1) is 11.4 Å². The van der Waals surface area contributed by atoms with Crippen molar-refractivity contribution in [1.29, 1.82) is 0 Å². The van der Waals surface area contributed by atoms with Crippen LogP contribution in [0.3, 0.4) is 0 Å². The van der Waals surface area contributed by atoms with Crippen LogP contribution in [0.15, 0.2) is 48.7 Å². The van der Waals surface area contributed by atoms with Gasteiger partial charge in [-0.2, -0.15) is 0 Å². The van der Waals surface area contributed by atoms with E-state index in [1.165, 1.54) is 78.3 Å². The Hall–Kier alpha value is -3.26. The van der Waals surface area contributed by atoms with Crippen LogP contribution in [0, 0.1) is 27.7 Å². The number of aryl methyl sites for hydroxylation is 4. The second-order valence-electron chi connectivity index (χ2n) is 9.43. The number of rotatable bonds is 1. The van der Waals surface area contributed by atoms with Gasteiger partial charge in [0.1, 0.15) is 7.05 Å². The summed E-state index contributed by atoms with van der Waals surface area (Å²) in [6, 6.07) is 16.1. The number of benzene rings is 2. The van der Waals surface area contributed by atoms with E-state index < -0.39 is 0 Å². The molecule has 2 aromatic carbocycles. The smallest absolute Gasteiger partial charge is 0.216 e. The minimum absolute atomic E-state index is 0.943. The van der Waals surface area contributed by atoms with Crippen molar-refractivity contribution in [3.05, 3.63) is 93.3 Å². The average molecular weight is 404 g/mol. The number of hydrogen-bond donors (Lipinski definition) is 0. The molecule has 0 saturated carbocycles. The van der Waals surface area contributed by atoms with Crippen molar-refractivity contribution in [3.63, 3.8) is 0 Å². The van der Waals surface area contributed by atoms with Crippen LogP contribution < -0.4 is 4.57 Å². The molecule has 2 heteroatoms. The number of nitrogens with zero attached hydrogens (tertiary/aromatic N) is 2. The first-order valence-electron chi connectivity index (χ1n) is 11.1. The first-order valence-corrected chi connectivity index (χ1v) is 11.1. The van der Waals surface area contributed by atoms with Crippen molar-refractivity contribution in [2.75, 3.05) is 0 Å². The molecule has 0 saturated heterocycles. The summed E-state index contributed by atoms with van der Waals surface area (Å²) in [6.45, 7) is 8.83. The van der Waals surface area contributed by atoms with Crippen molar-refractivity contribution in [1.82, 2.24) is 4.98 Å². The molecule has 2 heterocycles. The average Bonchev–Trinajstić information content (AvgIpc) is 3.25. The maximum absolute atomic E-state index is 5.23. The summed E-state index contributed by atoms with van der Waals surface area (Å²) in [6.07, 6.45) is 4.09. The van der Waals surface area contributed by atoms with Crippen LogP contribution in [-0.4, -0.2) is 4.98 Å². The molecular formula is C29H27N2+. The first-order chi connectivity index (χ1) is 14.9. The molecule has 2 aliphatic carbocycles. The van der Waals surface area contributed by atoms with Gasteiger partial charge in [-0.25, -0.2) is 4.57 Å². The summed E-state index contributed by atoms with van der Waals surface area (Å²) in [7, 11) is 2.17. The normalized spacial score (nSPS) is 13.1. The van der Waals surface area contributed by atoms with Crippen molar-refractivity contribution in [2.45, 2.75) is 40.5 Å². The van der Waals surface area contributed by atoms with Gasteiger partial charge in [-0.3, -0.25) is 4.98 Å². The van der Waals surface area contributed by atoms with E-state index in [2.05, 4.69) is 88.0 Å². The van der Waals surface area contributed by atoms with Crippen molar-refractivity contribution < 1.29 is 4.57 Å². The van der Waals surface area contributed by atoms with Gasteiger partial charge in [0.2, 0.25) is 5.69 Å². The predicted molar refractivity (Wildman–Crippen MR) is 126 cm³/mol. The molecule has 152 valence electrons. The summed E-state index contributed by atoms with van der Waals surface area (Å²) in [4.78, 5) is 5.23. The van der Waals surface area contributed by atoms with E-state index in [9.17, 15) is 0 Å². The third-order valence-corrected chi connectivity index (χ3v) is 7.21. The highest BCUT2D eigenvalue weighted by Crippen LogP contribution is 2.44. The molecule has 4 aromatic rings. The van der Waals surface area contributed by atoms with Crippen LogP contribution in [0.4, 0.5) is 0 Å². The minimum atomic E-state index is 0.943. The Kier molecular flexibility index (Phi) is 3.80. The fourth-order valence-corrected chi connectivity index (χ4v) is 5.57. The monoisotopic (exact) mass is 403 g/mol. The first kappa shape index (κ1) is 18.5. The number of hydrogen-bond acceptors (Lipinski definition) is 1. The molecule has 2 aliphatic rings. The number of aromatic nitrogens is 2. The zero-order valence-electron chi connectivity index (χ0n) is 18.9. The highest BCUT2D eigenvalue weighted by Gasteiger charge is 2.32. The van der Waals surface area contributed by atoms with E-state index in [4.69, 9.17) is 4.98 Å². The molecule has 0 atom stereocenters. The Bertz CT molecular complexity index is 1430. The van der Waals surface area contributed by atoms with Crippen LogP contribution in [0.2, 0.25) is 0 Å². The molecule has 0 aliphatic heterocycles. The van der Waals surface area contributed by atoms with Crippen LogP contribution in [-0.2, 0) is 19.9 Å². The Morgan fingerprint density at radius 1 is 0.742 bits per heavy atom. The molecule has 2 aromatic heterocycles. The second kappa shape index (κ2) is 6.37. The van der Waals surface area contributed by atoms with Crippen LogP contribution in [0.5, 0.6) is 0 Å². The van der Waals surface area contributed by atoms with E-state index in [1.807, 2.05) is 0 Å². The van der Waals surface area contributed by atoms with E-state index in [1.54, 1.807) is 0 Å². The zero-order chi connectivity index (χ0) is 21.4. The molecule has 31 heavy (non-hydrogen) atoms. The lowest BCUT2D eigenvalue weighted by Gasteiger charge is -2.12. The lowest BCUT2D eigenvalue weighted by molar-refractivity contribution is -0.660. The van der Waals surface area contributed by atoms with E-state index in [0.29, 0.717) is 0 Å². The predicted octanol–water partition coefficient (Wildman–Crippen LogP) is 5.95. The largest absolute Gasteiger partial charge is 0.252 e. The molecule has 2 nitrogen and oxygen atoms in total. The second-order valence-corrected chi connectivity index (χ2v) is 9.43. The van der Waals surface area contributed by atoms with Crippen LogP contribution >= 0.6 is 0 Å². The Labute approximate surface area is 184 Å². The van der Waals surface area contributed by atoms with Crippen molar-refractivity contribution >= 4 is 0 Å². The van der Waals surface area contributed by atoms with Crippen molar-refractivity contribution in [3.8, 4) is 33.6 Å². The maximum Gasteiger partial charge on any atom is 0.216 e. The van der Waals surface area contributed by atoms with Gasteiger partial charge in [0, 0.05) is 41.2 Å². The quantitative estimate of drug-likeness (QED) is 0.310. The van der Waals surface area contributed by atoms with Gasteiger partial charge in [-0.1, -0.05) is 35.4 Å². The van der Waals surface area contributed by atoms with Gasteiger partial charge in [-0.15, -0.1) is 0 Å². The lowest BCUT2D eigenvalue weighted by Crippen LogP contribution is -2.32. The van der Waals surface area contributed by atoms with Gasteiger partial charge < -0.3 is 0 Å². The summed E-state index contributed by atoms with van der Waals surface area (Å²) in [5, 5.41) is 0. The van der Waals surface area contributed by atoms with Crippen LogP contribution in [0.25, 0.3) is 33.6 Å². The van der Waals surface area contributed by atoms with Gasteiger partial charge >= 0.3 is 0 Å². The molecule has 0 unspecified atom stereocenters. The topological polar surface area (TPSA) is 16.8 Å².